The number of fused-ring (bicyclic) bond motifs is 3. The van der Waals surface area contributed by atoms with Gasteiger partial charge in [0.15, 0.2) is 17.3 Å². The minimum absolute atomic E-state index is 0.127. The molecule has 24 heavy (non-hydrogen) atoms. The molecule has 0 aliphatic carbocycles. The van der Waals surface area contributed by atoms with Crippen LogP contribution in [-0.2, 0) is 0 Å². The highest BCUT2D eigenvalue weighted by Gasteiger charge is 2.40. The molecule has 126 valence electrons. The SMILES string of the molecule is COc1ccc([C@@H]2SC=C3Sc4nnc(C(C)C)n4N32)cc1OC. The number of thioether (sulfide) groups is 2. The first kappa shape index (κ1) is 15.7. The molecule has 0 spiro atoms. The van der Waals surface area contributed by atoms with E-state index >= 15 is 0 Å². The predicted molar refractivity (Wildman–Crippen MR) is 96.1 cm³/mol. The number of hydrogen-bond acceptors (Lipinski definition) is 7. The first-order valence-electron chi connectivity index (χ1n) is 7.64. The van der Waals surface area contributed by atoms with E-state index in [4.69, 9.17) is 9.47 Å². The maximum absolute atomic E-state index is 5.46. The van der Waals surface area contributed by atoms with E-state index in [2.05, 4.69) is 45.2 Å². The maximum atomic E-state index is 5.46. The minimum Gasteiger partial charge on any atom is -0.493 e. The molecule has 1 aromatic carbocycles. The van der Waals surface area contributed by atoms with Gasteiger partial charge < -0.3 is 9.47 Å². The van der Waals surface area contributed by atoms with Crippen LogP contribution < -0.4 is 14.5 Å². The lowest BCUT2D eigenvalue weighted by atomic mass is 10.2. The average Bonchev–Trinajstić information content (AvgIpc) is 3.24. The number of benzene rings is 1. The summed E-state index contributed by atoms with van der Waals surface area (Å²) in [5, 5.41) is 15.4. The fourth-order valence-electron chi connectivity index (χ4n) is 2.85. The Morgan fingerprint density at radius 3 is 2.62 bits per heavy atom. The van der Waals surface area contributed by atoms with Gasteiger partial charge in [0.25, 0.3) is 0 Å². The molecule has 0 bridgehead atoms. The van der Waals surface area contributed by atoms with Gasteiger partial charge in [-0.3, -0.25) is 5.01 Å². The lowest BCUT2D eigenvalue weighted by molar-refractivity contribution is 0.354. The molecule has 0 unspecified atom stereocenters. The Bertz CT molecular complexity index is 818. The van der Waals surface area contributed by atoms with Crippen molar-refractivity contribution in [2.45, 2.75) is 30.3 Å². The largest absolute Gasteiger partial charge is 0.493 e. The normalized spacial score (nSPS) is 18.6. The van der Waals surface area contributed by atoms with Crippen LogP contribution in [0.15, 0.2) is 33.8 Å². The Kier molecular flexibility index (Phi) is 3.88. The van der Waals surface area contributed by atoms with Crippen LogP contribution in [0.5, 0.6) is 11.5 Å². The number of hydrogen-bond donors (Lipinski definition) is 0. The molecule has 0 amide bonds. The third-order valence-electron chi connectivity index (χ3n) is 4.00. The number of ether oxygens (including phenoxy) is 2. The molecule has 8 heteroatoms. The Balaban J connectivity index is 1.75. The van der Waals surface area contributed by atoms with E-state index in [1.54, 1.807) is 37.7 Å². The van der Waals surface area contributed by atoms with E-state index in [1.165, 1.54) is 5.03 Å². The van der Waals surface area contributed by atoms with Crippen LogP contribution in [0.25, 0.3) is 0 Å². The maximum Gasteiger partial charge on any atom is 0.216 e. The van der Waals surface area contributed by atoms with Gasteiger partial charge in [0.2, 0.25) is 5.16 Å². The highest BCUT2D eigenvalue weighted by Crippen LogP contribution is 2.52. The summed E-state index contributed by atoms with van der Waals surface area (Å²) >= 11 is 3.44. The van der Waals surface area contributed by atoms with E-state index in [0.29, 0.717) is 5.92 Å². The van der Waals surface area contributed by atoms with Gasteiger partial charge in [0.1, 0.15) is 10.4 Å². The van der Waals surface area contributed by atoms with Gasteiger partial charge in [-0.25, -0.2) is 4.68 Å². The molecule has 6 nitrogen and oxygen atoms in total. The van der Waals surface area contributed by atoms with Crippen molar-refractivity contribution in [3.05, 3.63) is 40.0 Å². The predicted octanol–water partition coefficient (Wildman–Crippen LogP) is 3.71. The standard InChI is InChI=1S/C16H18N4O2S2/c1-9(2)14-17-18-16-20(14)19-13(24-16)8-23-15(19)10-5-6-11(21-3)12(7-10)22-4/h5-9,15H,1-4H3/t15-/m0/s1. The number of methoxy groups -OCH3 is 2. The summed E-state index contributed by atoms with van der Waals surface area (Å²) in [5.41, 5.74) is 1.15. The van der Waals surface area contributed by atoms with Crippen LogP contribution in [0.4, 0.5) is 0 Å². The van der Waals surface area contributed by atoms with Gasteiger partial charge in [-0.05, 0) is 29.5 Å². The zero-order chi connectivity index (χ0) is 16.8. The summed E-state index contributed by atoms with van der Waals surface area (Å²) in [5.74, 6) is 2.77. The van der Waals surface area contributed by atoms with Crippen molar-refractivity contribution in [2.75, 3.05) is 19.2 Å². The molecule has 2 aromatic rings. The highest BCUT2D eigenvalue weighted by molar-refractivity contribution is 8.07. The summed E-state index contributed by atoms with van der Waals surface area (Å²) < 4.78 is 12.9. The van der Waals surface area contributed by atoms with E-state index in [0.717, 1.165) is 28.0 Å². The number of nitrogens with zero attached hydrogens (tertiary/aromatic N) is 4. The first-order chi connectivity index (χ1) is 11.6. The summed E-state index contributed by atoms with van der Waals surface area (Å²) in [6.07, 6.45) is 0. The summed E-state index contributed by atoms with van der Waals surface area (Å²) in [7, 11) is 3.31. The quantitative estimate of drug-likeness (QED) is 0.822. The van der Waals surface area contributed by atoms with Crippen molar-refractivity contribution in [3.63, 3.8) is 0 Å². The van der Waals surface area contributed by atoms with Crippen molar-refractivity contribution in [3.8, 4) is 11.5 Å². The van der Waals surface area contributed by atoms with Crippen LogP contribution in [0.3, 0.4) is 0 Å². The zero-order valence-electron chi connectivity index (χ0n) is 13.9. The van der Waals surface area contributed by atoms with E-state index in [1.807, 2.05) is 12.1 Å². The van der Waals surface area contributed by atoms with Crippen LogP contribution >= 0.6 is 23.5 Å². The van der Waals surface area contributed by atoms with Crippen molar-refractivity contribution in [2.24, 2.45) is 0 Å². The Labute approximate surface area is 149 Å². The summed E-state index contributed by atoms with van der Waals surface area (Å²) in [6, 6.07) is 6.07. The van der Waals surface area contributed by atoms with Crippen molar-refractivity contribution in [1.29, 1.82) is 0 Å². The molecule has 3 heterocycles. The Hall–Kier alpha value is -1.80. The molecule has 0 N–H and O–H groups in total. The molecular weight excluding hydrogens is 344 g/mol. The van der Waals surface area contributed by atoms with Gasteiger partial charge in [0.05, 0.1) is 14.2 Å². The summed E-state index contributed by atoms with van der Waals surface area (Å²) in [4.78, 5) is 0. The van der Waals surface area contributed by atoms with Crippen molar-refractivity contribution >= 4 is 23.5 Å². The molecule has 1 aromatic heterocycles. The fraction of sp³-hybridized carbons (Fsp3) is 0.375. The number of rotatable bonds is 4. The molecule has 2 aliphatic rings. The van der Waals surface area contributed by atoms with E-state index in [-0.39, 0.29) is 5.37 Å². The van der Waals surface area contributed by atoms with E-state index < -0.39 is 0 Å². The molecule has 1 atom stereocenters. The van der Waals surface area contributed by atoms with Gasteiger partial charge >= 0.3 is 0 Å². The Morgan fingerprint density at radius 1 is 1.12 bits per heavy atom. The molecule has 0 radical (unpaired) electrons. The van der Waals surface area contributed by atoms with Crippen molar-refractivity contribution < 1.29 is 9.47 Å². The number of aromatic nitrogens is 3. The molecule has 0 saturated heterocycles. The van der Waals surface area contributed by atoms with E-state index in [9.17, 15) is 0 Å². The van der Waals surface area contributed by atoms with Crippen LogP contribution in [0.2, 0.25) is 0 Å². The smallest absolute Gasteiger partial charge is 0.216 e. The minimum atomic E-state index is 0.127. The van der Waals surface area contributed by atoms with Crippen LogP contribution in [0.1, 0.15) is 36.5 Å². The third-order valence-corrected chi connectivity index (χ3v) is 6.19. The fourth-order valence-corrected chi connectivity index (χ4v) is 5.07. The molecule has 0 saturated carbocycles. The second kappa shape index (κ2) is 5.93. The lowest BCUT2D eigenvalue weighted by Gasteiger charge is -2.27. The van der Waals surface area contributed by atoms with Crippen LogP contribution in [0, 0.1) is 0 Å². The average molecular weight is 362 g/mol. The first-order valence-corrected chi connectivity index (χ1v) is 9.40. The van der Waals surface area contributed by atoms with Gasteiger partial charge in [-0.1, -0.05) is 31.7 Å². The topological polar surface area (TPSA) is 52.4 Å². The highest BCUT2D eigenvalue weighted by atomic mass is 32.2. The second-order valence-electron chi connectivity index (χ2n) is 5.81. The molecule has 2 aliphatic heterocycles. The monoisotopic (exact) mass is 362 g/mol. The van der Waals surface area contributed by atoms with Gasteiger partial charge in [0, 0.05) is 11.3 Å². The molecule has 0 fully saturated rings. The van der Waals surface area contributed by atoms with Crippen molar-refractivity contribution in [1.82, 2.24) is 14.9 Å². The summed E-state index contributed by atoms with van der Waals surface area (Å²) in [6.45, 7) is 4.27. The molecule has 4 rings (SSSR count). The zero-order valence-corrected chi connectivity index (χ0v) is 15.5. The second-order valence-corrected chi connectivity index (χ2v) is 7.75. The van der Waals surface area contributed by atoms with Gasteiger partial charge in [-0.2, -0.15) is 0 Å². The van der Waals surface area contributed by atoms with Crippen LogP contribution in [-0.4, -0.2) is 29.1 Å². The molecular formula is C16H18N4O2S2. The lowest BCUT2D eigenvalue weighted by Crippen LogP contribution is -2.31. The third kappa shape index (κ3) is 2.28. The van der Waals surface area contributed by atoms with Gasteiger partial charge in [-0.15, -0.1) is 10.2 Å². The Morgan fingerprint density at radius 2 is 1.92 bits per heavy atom.